The van der Waals surface area contributed by atoms with Crippen LogP contribution in [0.1, 0.15) is 45.9 Å². The molecule has 2 atom stereocenters. The van der Waals surface area contributed by atoms with Crippen LogP contribution in [0.15, 0.2) is 84.9 Å². The highest BCUT2D eigenvalue weighted by Crippen LogP contribution is 2.22. The molecule has 2 amide bonds. The second kappa shape index (κ2) is 9.40. The van der Waals surface area contributed by atoms with E-state index in [9.17, 15) is 9.59 Å². The molecule has 4 nitrogen and oxygen atoms in total. The van der Waals surface area contributed by atoms with E-state index in [1.54, 1.807) is 12.1 Å². The molecule has 0 heterocycles. The zero-order valence-corrected chi connectivity index (χ0v) is 16.9. The van der Waals surface area contributed by atoms with E-state index in [4.69, 9.17) is 0 Å². The zero-order chi connectivity index (χ0) is 20.8. The molecule has 0 spiro atoms. The summed E-state index contributed by atoms with van der Waals surface area (Å²) in [5, 5.41) is 6.22. The number of carbonyl (C=O) groups is 2. The van der Waals surface area contributed by atoms with Gasteiger partial charge in [-0.1, -0.05) is 72.8 Å². The topological polar surface area (TPSA) is 58.2 Å². The van der Waals surface area contributed by atoms with Crippen LogP contribution >= 0.6 is 0 Å². The van der Waals surface area contributed by atoms with E-state index < -0.39 is 0 Å². The van der Waals surface area contributed by atoms with Crippen LogP contribution in [0.4, 0.5) is 0 Å². The first-order valence-corrected chi connectivity index (χ1v) is 10.5. The van der Waals surface area contributed by atoms with Crippen molar-refractivity contribution < 1.29 is 9.59 Å². The first-order valence-electron chi connectivity index (χ1n) is 10.5. The Labute approximate surface area is 177 Å². The number of nitrogens with one attached hydrogen (secondary N) is 2. The molecule has 0 radical (unpaired) electrons. The molecular formula is C26H26N2O2. The predicted molar refractivity (Wildman–Crippen MR) is 118 cm³/mol. The van der Waals surface area contributed by atoms with Gasteiger partial charge in [0.25, 0.3) is 5.91 Å². The van der Waals surface area contributed by atoms with E-state index in [2.05, 4.69) is 28.8 Å². The molecule has 2 N–H and O–H groups in total. The van der Waals surface area contributed by atoms with Crippen LogP contribution in [-0.4, -0.2) is 17.9 Å². The van der Waals surface area contributed by atoms with Crippen LogP contribution in [0.3, 0.4) is 0 Å². The lowest BCUT2D eigenvalue weighted by Gasteiger charge is -2.26. The number of aryl methyl sites for hydroxylation is 1. The summed E-state index contributed by atoms with van der Waals surface area (Å²) in [4.78, 5) is 25.6. The Morgan fingerprint density at radius 1 is 0.833 bits per heavy atom. The smallest absolute Gasteiger partial charge is 0.251 e. The first kappa shape index (κ1) is 19.9. The maximum absolute atomic E-state index is 12.9. The average Bonchev–Trinajstić information content (AvgIpc) is 2.79. The summed E-state index contributed by atoms with van der Waals surface area (Å²) in [6.07, 6.45) is 2.98. The molecule has 4 rings (SSSR count). The monoisotopic (exact) mass is 398 g/mol. The normalized spacial score (nSPS) is 16.2. The van der Waals surface area contributed by atoms with Gasteiger partial charge in [-0.15, -0.1) is 0 Å². The summed E-state index contributed by atoms with van der Waals surface area (Å²) < 4.78 is 0. The molecule has 3 aromatic carbocycles. The van der Waals surface area contributed by atoms with E-state index in [0.717, 1.165) is 24.8 Å². The average molecular weight is 399 g/mol. The number of carbonyl (C=O) groups excluding carboxylic acids is 2. The Morgan fingerprint density at radius 2 is 1.47 bits per heavy atom. The summed E-state index contributed by atoms with van der Waals surface area (Å²) in [7, 11) is 0. The van der Waals surface area contributed by atoms with Crippen molar-refractivity contribution in [3.8, 4) is 0 Å². The maximum Gasteiger partial charge on any atom is 0.251 e. The molecule has 30 heavy (non-hydrogen) atoms. The Kier molecular flexibility index (Phi) is 6.23. The van der Waals surface area contributed by atoms with Crippen molar-refractivity contribution in [3.05, 3.63) is 107 Å². The highest BCUT2D eigenvalue weighted by Gasteiger charge is 2.23. The Morgan fingerprint density at radius 3 is 2.20 bits per heavy atom. The van der Waals surface area contributed by atoms with Crippen molar-refractivity contribution in [2.75, 3.05) is 0 Å². The van der Waals surface area contributed by atoms with Gasteiger partial charge in [0, 0.05) is 11.6 Å². The van der Waals surface area contributed by atoms with E-state index in [1.165, 1.54) is 11.1 Å². The molecular weight excluding hydrogens is 372 g/mol. The molecule has 0 bridgehead atoms. The molecule has 3 aromatic rings. The Hall–Kier alpha value is -3.40. The van der Waals surface area contributed by atoms with Gasteiger partial charge < -0.3 is 10.6 Å². The van der Waals surface area contributed by atoms with Gasteiger partial charge in [-0.05, 0) is 48.1 Å². The van der Waals surface area contributed by atoms with E-state index in [1.807, 2.05) is 54.6 Å². The molecule has 0 aliphatic heterocycles. The SMILES string of the molecule is O=C(C[C@@H](NC(=O)c1ccccc1)c1ccccc1)N[C@H]1CCc2ccccc2C1. The highest BCUT2D eigenvalue weighted by molar-refractivity contribution is 5.94. The van der Waals surface area contributed by atoms with Gasteiger partial charge >= 0.3 is 0 Å². The van der Waals surface area contributed by atoms with Crippen molar-refractivity contribution in [3.63, 3.8) is 0 Å². The minimum atomic E-state index is -0.380. The number of benzene rings is 3. The van der Waals surface area contributed by atoms with Crippen LogP contribution in [0.2, 0.25) is 0 Å². The van der Waals surface area contributed by atoms with E-state index in [0.29, 0.717) is 5.56 Å². The third kappa shape index (κ3) is 4.95. The number of rotatable bonds is 6. The Bertz CT molecular complexity index is 1000. The lowest BCUT2D eigenvalue weighted by atomic mass is 9.88. The fraction of sp³-hybridized carbons (Fsp3) is 0.231. The van der Waals surface area contributed by atoms with Crippen molar-refractivity contribution >= 4 is 11.8 Å². The van der Waals surface area contributed by atoms with Crippen molar-refractivity contribution in [2.45, 2.75) is 37.8 Å². The minimum absolute atomic E-state index is 0.0402. The summed E-state index contributed by atoms with van der Waals surface area (Å²) in [5.74, 6) is -0.217. The molecule has 1 aliphatic rings. The first-order chi connectivity index (χ1) is 14.7. The maximum atomic E-state index is 12.9. The largest absolute Gasteiger partial charge is 0.353 e. The van der Waals surface area contributed by atoms with Crippen LogP contribution < -0.4 is 10.6 Å². The molecule has 0 saturated carbocycles. The number of hydrogen-bond donors (Lipinski definition) is 2. The second-order valence-electron chi connectivity index (χ2n) is 7.78. The van der Waals surface area contributed by atoms with E-state index >= 15 is 0 Å². The quantitative estimate of drug-likeness (QED) is 0.653. The van der Waals surface area contributed by atoms with Gasteiger partial charge in [-0.3, -0.25) is 9.59 Å². The van der Waals surface area contributed by atoms with Crippen molar-refractivity contribution in [1.29, 1.82) is 0 Å². The number of amides is 2. The molecule has 0 fully saturated rings. The van der Waals surface area contributed by atoms with E-state index in [-0.39, 0.29) is 30.3 Å². The van der Waals surface area contributed by atoms with Gasteiger partial charge in [-0.2, -0.15) is 0 Å². The second-order valence-corrected chi connectivity index (χ2v) is 7.78. The number of fused-ring (bicyclic) bond motifs is 1. The molecule has 1 aliphatic carbocycles. The molecule has 0 unspecified atom stereocenters. The number of hydrogen-bond acceptors (Lipinski definition) is 2. The highest BCUT2D eigenvalue weighted by atomic mass is 16.2. The van der Waals surface area contributed by atoms with Crippen molar-refractivity contribution in [2.24, 2.45) is 0 Å². The van der Waals surface area contributed by atoms with Crippen molar-refractivity contribution in [1.82, 2.24) is 10.6 Å². The van der Waals surface area contributed by atoms with Crippen LogP contribution in [-0.2, 0) is 17.6 Å². The minimum Gasteiger partial charge on any atom is -0.353 e. The standard InChI is InChI=1S/C26H26N2O2/c29-25(27-23-16-15-19-9-7-8-14-22(19)17-23)18-24(20-10-3-1-4-11-20)28-26(30)21-12-5-2-6-13-21/h1-14,23-24H,15-18H2,(H,27,29)(H,28,30)/t23-,24+/m0/s1. The molecule has 4 heteroatoms. The third-order valence-electron chi connectivity index (χ3n) is 5.64. The lowest BCUT2D eigenvalue weighted by molar-refractivity contribution is -0.122. The van der Waals surface area contributed by atoms with Gasteiger partial charge in [0.2, 0.25) is 5.91 Å². The fourth-order valence-electron chi connectivity index (χ4n) is 4.06. The third-order valence-corrected chi connectivity index (χ3v) is 5.64. The van der Waals surface area contributed by atoms with Gasteiger partial charge in [0.05, 0.1) is 12.5 Å². The zero-order valence-electron chi connectivity index (χ0n) is 16.9. The Balaban J connectivity index is 1.43. The summed E-state index contributed by atoms with van der Waals surface area (Å²) in [6, 6.07) is 26.9. The molecule has 0 aromatic heterocycles. The molecule has 152 valence electrons. The van der Waals surface area contributed by atoms with Crippen LogP contribution in [0, 0.1) is 0 Å². The van der Waals surface area contributed by atoms with Gasteiger partial charge in [-0.25, -0.2) is 0 Å². The summed E-state index contributed by atoms with van der Waals surface area (Å²) >= 11 is 0. The molecule has 0 saturated heterocycles. The van der Waals surface area contributed by atoms with Gasteiger partial charge in [0.15, 0.2) is 0 Å². The van der Waals surface area contributed by atoms with Crippen LogP contribution in [0.25, 0.3) is 0 Å². The summed E-state index contributed by atoms with van der Waals surface area (Å²) in [6.45, 7) is 0. The fourth-order valence-corrected chi connectivity index (χ4v) is 4.06. The predicted octanol–water partition coefficient (Wildman–Crippen LogP) is 4.22. The van der Waals surface area contributed by atoms with Crippen LogP contribution in [0.5, 0.6) is 0 Å². The lowest BCUT2D eigenvalue weighted by Crippen LogP contribution is -2.41. The van der Waals surface area contributed by atoms with Gasteiger partial charge in [0.1, 0.15) is 0 Å². The summed E-state index contributed by atoms with van der Waals surface area (Å²) in [5.41, 5.74) is 4.19.